The Morgan fingerprint density at radius 2 is 1.93 bits per heavy atom. The first-order valence-corrected chi connectivity index (χ1v) is 8.54. The number of hydrogen-bond acceptors (Lipinski definition) is 3. The third-order valence-electron chi connectivity index (χ3n) is 4.76. The van der Waals surface area contributed by atoms with Crippen LogP contribution in [0.5, 0.6) is 0 Å². The van der Waals surface area contributed by atoms with Gasteiger partial charge >= 0.3 is 0 Å². The Labute approximate surface area is 154 Å². The van der Waals surface area contributed by atoms with Gasteiger partial charge in [0.25, 0.3) is 0 Å². The number of carbonyl (C=O) groups excluding carboxylic acids is 1. The fraction of sp³-hybridized carbons (Fsp3) is 0.143. The smallest absolute Gasteiger partial charge is 0.159 e. The van der Waals surface area contributed by atoms with E-state index in [1.165, 1.54) is 6.07 Å². The van der Waals surface area contributed by atoms with Gasteiger partial charge in [-0.15, -0.1) is 0 Å². The Balaban J connectivity index is 1.97. The maximum atomic E-state index is 13.6. The van der Waals surface area contributed by atoms with Crippen molar-refractivity contribution in [2.75, 3.05) is 13.6 Å². The van der Waals surface area contributed by atoms with E-state index >= 15 is 0 Å². The minimum atomic E-state index is -1.24. The molecule has 0 radical (unpaired) electrons. The second-order valence-corrected chi connectivity index (χ2v) is 6.77. The van der Waals surface area contributed by atoms with E-state index in [9.17, 15) is 18.7 Å². The number of nitrogens with one attached hydrogen (secondary N) is 1. The Hall–Kier alpha value is -3.12. The average molecular weight is 366 g/mol. The molecular formula is C21H16F2N2O2. The summed E-state index contributed by atoms with van der Waals surface area (Å²) in [6.45, 7) is 1.08. The van der Waals surface area contributed by atoms with E-state index in [1.807, 2.05) is 7.05 Å². The first-order chi connectivity index (χ1) is 12.9. The number of halogens is 2. The summed E-state index contributed by atoms with van der Waals surface area (Å²) in [4.78, 5) is 17.6. The number of carboxylic acid groups (broad SMARTS) is 1. The highest BCUT2D eigenvalue weighted by molar-refractivity contribution is 6.04. The van der Waals surface area contributed by atoms with Gasteiger partial charge in [-0.3, -0.25) is 0 Å². The van der Waals surface area contributed by atoms with E-state index in [1.54, 1.807) is 30.3 Å². The molecule has 6 heteroatoms. The second kappa shape index (κ2) is 6.55. The highest BCUT2D eigenvalue weighted by Crippen LogP contribution is 2.29. The predicted octanol–water partition coefficient (Wildman–Crippen LogP) is 1.45. The van der Waals surface area contributed by atoms with Gasteiger partial charge in [0.05, 0.1) is 24.2 Å². The van der Waals surface area contributed by atoms with Gasteiger partial charge in [-0.25, -0.2) is 13.8 Å². The zero-order chi connectivity index (χ0) is 19.1. The van der Waals surface area contributed by atoms with Gasteiger partial charge in [0.15, 0.2) is 11.6 Å². The van der Waals surface area contributed by atoms with Gasteiger partial charge < -0.3 is 14.8 Å². The molecule has 4 nitrogen and oxygen atoms in total. The highest BCUT2D eigenvalue weighted by atomic mass is 19.2. The van der Waals surface area contributed by atoms with Gasteiger partial charge in [-0.05, 0) is 29.8 Å². The van der Waals surface area contributed by atoms with Gasteiger partial charge in [0.1, 0.15) is 13.1 Å². The molecule has 136 valence electrons. The van der Waals surface area contributed by atoms with E-state index in [-0.39, 0.29) is 5.56 Å². The number of quaternary nitrogens is 1. The van der Waals surface area contributed by atoms with Crippen LogP contribution in [0.15, 0.2) is 42.5 Å². The van der Waals surface area contributed by atoms with Crippen molar-refractivity contribution in [1.82, 2.24) is 4.98 Å². The van der Waals surface area contributed by atoms with E-state index in [0.29, 0.717) is 40.8 Å². The van der Waals surface area contributed by atoms with Crippen LogP contribution in [0.25, 0.3) is 22.6 Å². The molecule has 0 fully saturated rings. The van der Waals surface area contributed by atoms with Crippen LogP contribution >= 0.6 is 0 Å². The summed E-state index contributed by atoms with van der Waals surface area (Å²) >= 11 is 0. The van der Waals surface area contributed by atoms with E-state index < -0.39 is 17.6 Å². The molecule has 0 bridgehead atoms. The largest absolute Gasteiger partial charge is 0.545 e. The Morgan fingerprint density at radius 1 is 1.15 bits per heavy atom. The topological polar surface area (TPSA) is 57.5 Å². The molecule has 2 aromatic carbocycles. The van der Waals surface area contributed by atoms with E-state index in [4.69, 9.17) is 0 Å². The van der Waals surface area contributed by atoms with Crippen molar-refractivity contribution < 1.29 is 23.6 Å². The van der Waals surface area contributed by atoms with Crippen molar-refractivity contribution in [2.45, 2.75) is 6.54 Å². The number of hydrogen-bond donors (Lipinski definition) is 1. The average Bonchev–Trinajstić information content (AvgIpc) is 2.63. The van der Waals surface area contributed by atoms with Crippen LogP contribution < -0.4 is 10.0 Å². The molecule has 2 heterocycles. The molecule has 1 aromatic heterocycles. The third kappa shape index (κ3) is 3.08. The monoisotopic (exact) mass is 366 g/mol. The zero-order valence-electron chi connectivity index (χ0n) is 14.6. The van der Waals surface area contributed by atoms with Gasteiger partial charge in [0, 0.05) is 22.1 Å². The normalized spacial score (nSPS) is 17.9. The standard InChI is InChI=1S/C21H16F2N2O2/c1-25-10-13(8-12-6-7-16(22)17(23)9-12)20-15(11-25)19(21(26)27)14-4-2-3-5-18(14)24-20/h2-9H,10-11H2,1H3,(H,26,27)/b13-8+. The number of para-hydroxylation sites is 1. The molecule has 0 aliphatic carbocycles. The van der Waals surface area contributed by atoms with Gasteiger partial charge in [-0.2, -0.15) is 0 Å². The second-order valence-electron chi connectivity index (χ2n) is 6.77. The molecule has 1 N–H and O–H groups in total. The third-order valence-corrected chi connectivity index (χ3v) is 4.76. The van der Waals surface area contributed by atoms with Crippen LogP contribution in [-0.4, -0.2) is 24.5 Å². The number of fused-ring (bicyclic) bond motifs is 2. The van der Waals surface area contributed by atoms with Crippen LogP contribution in [0.1, 0.15) is 27.2 Å². The van der Waals surface area contributed by atoms with Gasteiger partial charge in [0.2, 0.25) is 0 Å². The van der Waals surface area contributed by atoms with Crippen molar-refractivity contribution in [2.24, 2.45) is 0 Å². The predicted molar refractivity (Wildman–Crippen MR) is 95.8 cm³/mol. The fourth-order valence-electron chi connectivity index (χ4n) is 3.62. The van der Waals surface area contributed by atoms with Crippen LogP contribution in [-0.2, 0) is 6.54 Å². The number of nitrogens with zero attached hydrogens (tertiary/aromatic N) is 1. The lowest BCUT2D eigenvalue weighted by atomic mass is 9.92. The number of benzene rings is 2. The summed E-state index contributed by atoms with van der Waals surface area (Å²) in [5.41, 5.74) is 3.15. The van der Waals surface area contributed by atoms with Crippen molar-refractivity contribution in [3.8, 4) is 0 Å². The Bertz CT molecular complexity index is 1110. The minimum absolute atomic E-state index is 0.144. The van der Waals surface area contributed by atoms with Crippen molar-refractivity contribution in [3.05, 3.63) is 76.5 Å². The SMILES string of the molecule is C[NH+]1C/C(=C\c2ccc(F)c(F)c2)c2nc3ccccc3c(C(=O)[O-])c2C1. The molecular weight excluding hydrogens is 350 g/mol. The molecule has 3 aromatic rings. The van der Waals surface area contributed by atoms with Crippen molar-refractivity contribution in [1.29, 1.82) is 0 Å². The molecule has 27 heavy (non-hydrogen) atoms. The molecule has 0 saturated heterocycles. The Kier molecular flexibility index (Phi) is 4.20. The van der Waals surface area contributed by atoms with Crippen molar-refractivity contribution >= 4 is 28.5 Å². The summed E-state index contributed by atoms with van der Waals surface area (Å²) < 4.78 is 26.8. The first-order valence-electron chi connectivity index (χ1n) is 8.54. The molecule has 4 rings (SSSR count). The summed E-state index contributed by atoms with van der Waals surface area (Å²) in [6.07, 6.45) is 1.73. The lowest BCUT2D eigenvalue weighted by molar-refractivity contribution is -0.887. The van der Waals surface area contributed by atoms with Crippen LogP contribution in [0.3, 0.4) is 0 Å². The molecule has 0 amide bonds. The summed E-state index contributed by atoms with van der Waals surface area (Å²) in [7, 11) is 1.94. The lowest BCUT2D eigenvalue weighted by Gasteiger charge is -2.27. The fourth-order valence-corrected chi connectivity index (χ4v) is 3.62. The molecule has 0 saturated carbocycles. The Morgan fingerprint density at radius 3 is 2.67 bits per heavy atom. The molecule has 1 aliphatic heterocycles. The number of pyridine rings is 1. The van der Waals surface area contributed by atoms with Crippen LogP contribution in [0, 0.1) is 11.6 Å². The van der Waals surface area contributed by atoms with E-state index in [0.717, 1.165) is 22.6 Å². The number of aromatic carboxylic acids is 1. The van der Waals surface area contributed by atoms with Crippen LogP contribution in [0.4, 0.5) is 8.78 Å². The summed E-state index contributed by atoms with van der Waals surface area (Å²) in [6, 6.07) is 10.7. The maximum absolute atomic E-state index is 13.6. The highest BCUT2D eigenvalue weighted by Gasteiger charge is 2.27. The number of rotatable bonds is 2. The minimum Gasteiger partial charge on any atom is -0.545 e. The molecule has 0 spiro atoms. The number of likely N-dealkylation sites (N-methyl/N-ethyl adjacent to an activating group) is 1. The summed E-state index contributed by atoms with van der Waals surface area (Å²) in [5, 5.41) is 12.4. The number of carbonyl (C=O) groups is 1. The molecule has 1 unspecified atom stereocenters. The lowest BCUT2D eigenvalue weighted by Crippen LogP contribution is -3.08. The number of aromatic nitrogens is 1. The van der Waals surface area contributed by atoms with Gasteiger partial charge in [-0.1, -0.05) is 24.3 Å². The summed E-state index contributed by atoms with van der Waals surface area (Å²) in [5.74, 6) is -3.08. The zero-order valence-corrected chi connectivity index (χ0v) is 14.6. The quantitative estimate of drug-likeness (QED) is 0.747. The van der Waals surface area contributed by atoms with E-state index in [2.05, 4.69) is 4.98 Å². The molecule has 1 aliphatic rings. The van der Waals surface area contributed by atoms with Crippen LogP contribution in [0.2, 0.25) is 0 Å². The first kappa shape index (κ1) is 17.3. The maximum Gasteiger partial charge on any atom is 0.159 e. The number of carboxylic acids is 1. The van der Waals surface area contributed by atoms with Crippen molar-refractivity contribution in [3.63, 3.8) is 0 Å². The molecule has 1 atom stereocenters.